The van der Waals surface area contributed by atoms with Crippen molar-refractivity contribution in [1.29, 1.82) is 0 Å². The summed E-state index contributed by atoms with van der Waals surface area (Å²) < 4.78 is 16.9. The summed E-state index contributed by atoms with van der Waals surface area (Å²) in [6.07, 6.45) is 64.1. The Morgan fingerprint density at radius 3 is 0.908 bits per heavy atom. The van der Waals surface area contributed by atoms with E-state index >= 15 is 0 Å². The van der Waals surface area contributed by atoms with Crippen molar-refractivity contribution < 1.29 is 28.6 Å². The lowest BCUT2D eigenvalue weighted by atomic mass is 10.0. The predicted molar refractivity (Wildman–Crippen MR) is 279 cm³/mol. The lowest BCUT2D eigenvalue weighted by molar-refractivity contribution is -0.167. The van der Waals surface area contributed by atoms with Gasteiger partial charge in [0.15, 0.2) is 6.10 Å². The maximum atomic E-state index is 12.8. The molecule has 0 rings (SSSR count). The molecule has 0 N–H and O–H groups in total. The molecule has 380 valence electrons. The lowest BCUT2D eigenvalue weighted by Gasteiger charge is -2.18. The van der Waals surface area contributed by atoms with E-state index < -0.39 is 6.10 Å². The molecule has 65 heavy (non-hydrogen) atoms. The molecule has 0 heterocycles. The molecule has 0 aliphatic carbocycles. The van der Waals surface area contributed by atoms with Crippen molar-refractivity contribution in [3.05, 3.63) is 36.5 Å². The van der Waals surface area contributed by atoms with Gasteiger partial charge in [0.25, 0.3) is 0 Å². The van der Waals surface area contributed by atoms with Crippen molar-refractivity contribution in [2.45, 2.75) is 309 Å². The largest absolute Gasteiger partial charge is 0.462 e. The minimum absolute atomic E-state index is 0.0736. The van der Waals surface area contributed by atoms with E-state index in [4.69, 9.17) is 14.2 Å². The summed E-state index contributed by atoms with van der Waals surface area (Å²) in [6, 6.07) is 0. The van der Waals surface area contributed by atoms with Gasteiger partial charge in [0, 0.05) is 19.3 Å². The zero-order valence-corrected chi connectivity index (χ0v) is 43.5. The number of hydrogen-bond donors (Lipinski definition) is 0. The summed E-state index contributed by atoms with van der Waals surface area (Å²) in [7, 11) is 0. The quantitative estimate of drug-likeness (QED) is 0.0262. The highest BCUT2D eigenvalue weighted by Gasteiger charge is 2.19. The van der Waals surface area contributed by atoms with Crippen LogP contribution in [0.25, 0.3) is 0 Å². The second-order valence-corrected chi connectivity index (χ2v) is 19.2. The first-order valence-corrected chi connectivity index (χ1v) is 28.5. The predicted octanol–water partition coefficient (Wildman–Crippen LogP) is 18.9. The van der Waals surface area contributed by atoms with Crippen LogP contribution in [0.4, 0.5) is 0 Å². The number of hydrogen-bond acceptors (Lipinski definition) is 6. The maximum absolute atomic E-state index is 12.8. The second-order valence-electron chi connectivity index (χ2n) is 19.2. The molecule has 0 radical (unpaired) electrons. The molecule has 0 bridgehead atoms. The molecule has 0 aromatic heterocycles. The van der Waals surface area contributed by atoms with E-state index in [1.54, 1.807) is 0 Å². The lowest BCUT2D eigenvalue weighted by Crippen LogP contribution is -2.30. The zero-order chi connectivity index (χ0) is 47.2. The molecule has 0 aromatic rings. The molecule has 0 unspecified atom stereocenters. The van der Waals surface area contributed by atoms with E-state index in [-0.39, 0.29) is 31.1 Å². The Balaban J connectivity index is 4.33. The fourth-order valence-electron chi connectivity index (χ4n) is 8.29. The van der Waals surface area contributed by atoms with E-state index in [0.29, 0.717) is 19.3 Å². The molecule has 0 aliphatic heterocycles. The number of esters is 3. The standard InChI is InChI=1S/C59H108O6/c1-4-7-10-13-16-19-22-25-27-28-29-30-32-34-37-40-43-46-49-52-58(61)64-55-56(54-63-57(60)51-48-45-42-39-36-33-24-21-18-15-12-9-6-3)65-59(62)53-50-47-44-41-38-35-31-26-23-20-17-14-11-8-5-2/h16,19,21,24-25,27,56H,4-15,17-18,20,22-23,26,28-55H2,1-3H3/b19-16-,24-21-,27-25-/t56-/m0/s1. The van der Waals surface area contributed by atoms with Gasteiger partial charge in [-0.2, -0.15) is 0 Å². The minimum Gasteiger partial charge on any atom is -0.462 e. The molecule has 1 atom stereocenters. The van der Waals surface area contributed by atoms with E-state index in [2.05, 4.69) is 57.2 Å². The summed E-state index contributed by atoms with van der Waals surface area (Å²) in [4.78, 5) is 38.1. The molecule has 0 spiro atoms. The number of rotatable bonds is 52. The Morgan fingerprint density at radius 2 is 0.554 bits per heavy atom. The van der Waals surface area contributed by atoms with E-state index in [9.17, 15) is 14.4 Å². The van der Waals surface area contributed by atoms with E-state index in [1.807, 2.05) is 0 Å². The molecule has 0 amide bonds. The van der Waals surface area contributed by atoms with Crippen molar-refractivity contribution in [3.8, 4) is 0 Å². The van der Waals surface area contributed by atoms with Gasteiger partial charge < -0.3 is 14.2 Å². The smallest absolute Gasteiger partial charge is 0.306 e. The summed E-state index contributed by atoms with van der Waals surface area (Å²) >= 11 is 0. The van der Waals surface area contributed by atoms with Gasteiger partial charge in [-0.1, -0.05) is 243 Å². The number of allylic oxidation sites excluding steroid dienone is 6. The van der Waals surface area contributed by atoms with Gasteiger partial charge in [0.1, 0.15) is 13.2 Å². The maximum Gasteiger partial charge on any atom is 0.306 e. The molecule has 6 heteroatoms. The highest BCUT2D eigenvalue weighted by Crippen LogP contribution is 2.16. The van der Waals surface area contributed by atoms with Crippen molar-refractivity contribution in [3.63, 3.8) is 0 Å². The number of carbonyl (C=O) groups is 3. The van der Waals surface area contributed by atoms with Gasteiger partial charge in [0.2, 0.25) is 0 Å². The second kappa shape index (κ2) is 54.2. The van der Waals surface area contributed by atoms with Crippen LogP contribution in [0.5, 0.6) is 0 Å². The van der Waals surface area contributed by atoms with Crippen molar-refractivity contribution in [2.24, 2.45) is 0 Å². The van der Waals surface area contributed by atoms with Crippen molar-refractivity contribution >= 4 is 17.9 Å². The average Bonchev–Trinajstić information content (AvgIpc) is 3.30. The average molecular weight is 914 g/mol. The number of unbranched alkanes of at least 4 members (excludes halogenated alkanes) is 35. The third-order valence-electron chi connectivity index (χ3n) is 12.6. The molecule has 0 aromatic carbocycles. The molecule has 0 fully saturated rings. The van der Waals surface area contributed by atoms with E-state index in [1.165, 1.54) is 193 Å². The number of ether oxygens (including phenoxy) is 3. The Labute approximate surface area is 404 Å². The minimum atomic E-state index is -0.773. The monoisotopic (exact) mass is 913 g/mol. The first kappa shape index (κ1) is 62.6. The molecular formula is C59H108O6. The fourth-order valence-corrected chi connectivity index (χ4v) is 8.29. The molecular weight excluding hydrogens is 805 g/mol. The van der Waals surface area contributed by atoms with Gasteiger partial charge in [-0.25, -0.2) is 0 Å². The Hall–Kier alpha value is -2.37. The Bertz CT molecular complexity index is 1090. The molecule has 0 aliphatic rings. The topological polar surface area (TPSA) is 78.9 Å². The molecule has 6 nitrogen and oxygen atoms in total. The Kier molecular flexibility index (Phi) is 52.3. The highest BCUT2D eigenvalue weighted by molar-refractivity contribution is 5.71. The third-order valence-corrected chi connectivity index (χ3v) is 12.6. The van der Waals surface area contributed by atoms with E-state index in [0.717, 1.165) is 70.6 Å². The van der Waals surface area contributed by atoms with Crippen LogP contribution in [0.2, 0.25) is 0 Å². The number of carbonyl (C=O) groups excluding carboxylic acids is 3. The fraction of sp³-hybridized carbons (Fsp3) is 0.847. The van der Waals surface area contributed by atoms with Crippen LogP contribution in [0.1, 0.15) is 303 Å². The summed E-state index contributed by atoms with van der Waals surface area (Å²) in [6.45, 7) is 6.63. The summed E-state index contributed by atoms with van der Waals surface area (Å²) in [5.41, 5.74) is 0. The highest BCUT2D eigenvalue weighted by atomic mass is 16.6. The van der Waals surface area contributed by atoms with Crippen LogP contribution in [-0.4, -0.2) is 37.2 Å². The van der Waals surface area contributed by atoms with Gasteiger partial charge in [-0.05, 0) is 77.0 Å². The first-order valence-electron chi connectivity index (χ1n) is 28.5. The van der Waals surface area contributed by atoms with Gasteiger partial charge in [0.05, 0.1) is 0 Å². The van der Waals surface area contributed by atoms with Gasteiger partial charge in [-0.15, -0.1) is 0 Å². The normalized spacial score (nSPS) is 12.2. The van der Waals surface area contributed by atoms with Crippen molar-refractivity contribution in [2.75, 3.05) is 13.2 Å². The SMILES string of the molecule is CCCCC/C=C\C/C=C\CCCCCCCCCCCC(=O)OC[C@H](COC(=O)CCCCCCC/C=C\CCCCCC)OC(=O)CCCCCCCCCCCCCCCCC. The van der Waals surface area contributed by atoms with Crippen LogP contribution in [0, 0.1) is 0 Å². The summed E-state index contributed by atoms with van der Waals surface area (Å²) in [5.74, 6) is -0.870. The molecule has 0 saturated heterocycles. The summed E-state index contributed by atoms with van der Waals surface area (Å²) in [5, 5.41) is 0. The van der Waals surface area contributed by atoms with Gasteiger partial charge in [-0.3, -0.25) is 14.4 Å². The molecule has 0 saturated carbocycles. The van der Waals surface area contributed by atoms with Gasteiger partial charge >= 0.3 is 17.9 Å². The van der Waals surface area contributed by atoms with Crippen LogP contribution in [0.3, 0.4) is 0 Å². The van der Waals surface area contributed by atoms with Crippen molar-refractivity contribution in [1.82, 2.24) is 0 Å². The third kappa shape index (κ3) is 52.5. The van der Waals surface area contributed by atoms with Crippen LogP contribution in [0.15, 0.2) is 36.5 Å². The first-order chi connectivity index (χ1) is 32.0. The Morgan fingerprint density at radius 1 is 0.308 bits per heavy atom. The van der Waals surface area contributed by atoms with Crippen LogP contribution >= 0.6 is 0 Å². The van der Waals surface area contributed by atoms with Crippen LogP contribution in [-0.2, 0) is 28.6 Å². The zero-order valence-electron chi connectivity index (χ0n) is 43.5. The van der Waals surface area contributed by atoms with Crippen LogP contribution < -0.4 is 0 Å².